The highest BCUT2D eigenvalue weighted by molar-refractivity contribution is 4.76. The Bertz CT molecular complexity index is 262. The Hall–Kier alpha value is -0.0400. The van der Waals surface area contributed by atoms with Crippen LogP contribution in [0.1, 0.15) is 141 Å². The van der Waals surface area contributed by atoms with Crippen molar-refractivity contribution in [1.82, 2.24) is 5.32 Å². The molecule has 1 heteroatoms. The molecule has 0 aromatic carbocycles. The van der Waals surface area contributed by atoms with E-state index in [2.05, 4.69) is 5.32 Å². The van der Waals surface area contributed by atoms with Gasteiger partial charge in [0.2, 0.25) is 0 Å². The van der Waals surface area contributed by atoms with Gasteiger partial charge in [0.05, 0.1) is 0 Å². The highest BCUT2D eigenvalue weighted by Crippen LogP contribution is 2.21. The molecule has 2 saturated carbocycles. The summed E-state index contributed by atoms with van der Waals surface area (Å²) >= 11 is 0. The van der Waals surface area contributed by atoms with Crippen LogP contribution < -0.4 is 5.32 Å². The van der Waals surface area contributed by atoms with Crippen molar-refractivity contribution in [1.29, 1.82) is 0 Å². The van der Waals surface area contributed by atoms with E-state index in [1.807, 2.05) is 0 Å². The van der Waals surface area contributed by atoms with E-state index >= 15 is 0 Å². The van der Waals surface area contributed by atoms with Gasteiger partial charge in [-0.2, -0.15) is 0 Å². The maximum atomic E-state index is 4.16. The van der Waals surface area contributed by atoms with Crippen LogP contribution in [0.25, 0.3) is 0 Å². The first-order chi connectivity index (χ1) is 12.4. The van der Waals surface area contributed by atoms with Crippen molar-refractivity contribution in [3.63, 3.8) is 0 Å². The van der Waals surface area contributed by atoms with Crippen molar-refractivity contribution in [2.45, 2.75) is 153 Å². The number of nitrogens with one attached hydrogen (secondary N) is 1. The molecule has 0 heterocycles. The second kappa shape index (κ2) is 15.1. The lowest BCUT2D eigenvalue weighted by molar-refractivity contribution is 0.333. The summed E-state index contributed by atoms with van der Waals surface area (Å²) in [5.74, 6) is 0. The molecule has 2 aliphatic rings. The first kappa shape index (κ1) is 21.3. The summed E-state index contributed by atoms with van der Waals surface area (Å²) in [5, 5.41) is 4.16. The van der Waals surface area contributed by atoms with E-state index < -0.39 is 0 Å². The Labute approximate surface area is 159 Å². The Morgan fingerprint density at radius 2 is 0.480 bits per heavy atom. The zero-order valence-corrected chi connectivity index (χ0v) is 17.2. The first-order valence-corrected chi connectivity index (χ1v) is 12.2. The van der Waals surface area contributed by atoms with E-state index in [0.717, 1.165) is 12.1 Å². The topological polar surface area (TPSA) is 12.0 Å². The number of rotatable bonds is 2. The Morgan fingerprint density at radius 1 is 0.280 bits per heavy atom. The molecule has 0 unspecified atom stereocenters. The standard InChI is InChI=1S/C24H47N/c1-2-4-8-12-16-20-23(19-15-11-7-3-1)25-24-21-17-13-9-5-6-10-14-18-22-24/h23-25H,1-22H2. The minimum Gasteiger partial charge on any atom is -0.311 e. The summed E-state index contributed by atoms with van der Waals surface area (Å²) in [6.07, 6.45) is 32.4. The predicted octanol–water partition coefficient (Wildman–Crippen LogP) is 7.92. The SMILES string of the molecule is C1CCCCCCC(NC2CCCCCCCCCC2)CCCCC1. The highest BCUT2D eigenvalue weighted by Gasteiger charge is 2.15. The zero-order valence-electron chi connectivity index (χ0n) is 17.2. The van der Waals surface area contributed by atoms with E-state index in [9.17, 15) is 0 Å². The molecule has 0 spiro atoms. The first-order valence-electron chi connectivity index (χ1n) is 12.2. The van der Waals surface area contributed by atoms with E-state index in [-0.39, 0.29) is 0 Å². The van der Waals surface area contributed by atoms with Gasteiger partial charge in [0.25, 0.3) is 0 Å². The molecule has 25 heavy (non-hydrogen) atoms. The molecular weight excluding hydrogens is 302 g/mol. The largest absolute Gasteiger partial charge is 0.311 e. The van der Waals surface area contributed by atoms with Crippen molar-refractivity contribution in [3.05, 3.63) is 0 Å². The fraction of sp³-hybridized carbons (Fsp3) is 1.00. The molecule has 1 N–H and O–H groups in total. The van der Waals surface area contributed by atoms with Crippen LogP contribution in [-0.2, 0) is 0 Å². The van der Waals surface area contributed by atoms with E-state index in [4.69, 9.17) is 0 Å². The van der Waals surface area contributed by atoms with Crippen molar-refractivity contribution in [3.8, 4) is 0 Å². The minimum absolute atomic E-state index is 0.816. The summed E-state index contributed by atoms with van der Waals surface area (Å²) in [6, 6.07) is 1.63. The van der Waals surface area contributed by atoms with Crippen molar-refractivity contribution >= 4 is 0 Å². The fourth-order valence-electron chi connectivity index (χ4n) is 4.99. The van der Waals surface area contributed by atoms with Crippen molar-refractivity contribution in [2.75, 3.05) is 0 Å². The van der Waals surface area contributed by atoms with Gasteiger partial charge in [0.1, 0.15) is 0 Å². The monoisotopic (exact) mass is 349 g/mol. The quantitative estimate of drug-likeness (QED) is 0.533. The van der Waals surface area contributed by atoms with Gasteiger partial charge in [0.15, 0.2) is 0 Å². The van der Waals surface area contributed by atoms with Crippen LogP contribution in [0.4, 0.5) is 0 Å². The van der Waals surface area contributed by atoms with Crippen LogP contribution in [0.2, 0.25) is 0 Å². The van der Waals surface area contributed by atoms with E-state index in [0.29, 0.717) is 0 Å². The second-order valence-electron chi connectivity index (χ2n) is 9.08. The van der Waals surface area contributed by atoms with Gasteiger partial charge in [0, 0.05) is 12.1 Å². The van der Waals surface area contributed by atoms with Crippen molar-refractivity contribution in [2.24, 2.45) is 0 Å². The van der Waals surface area contributed by atoms with Gasteiger partial charge in [-0.15, -0.1) is 0 Å². The Balaban J connectivity index is 1.76. The third-order valence-corrected chi connectivity index (χ3v) is 6.68. The van der Waals surface area contributed by atoms with Crippen LogP contribution in [0.3, 0.4) is 0 Å². The Morgan fingerprint density at radius 3 is 0.720 bits per heavy atom. The van der Waals surface area contributed by atoms with Gasteiger partial charge < -0.3 is 5.32 Å². The molecule has 0 atom stereocenters. The van der Waals surface area contributed by atoms with E-state index in [1.165, 1.54) is 141 Å². The van der Waals surface area contributed by atoms with Gasteiger partial charge in [-0.25, -0.2) is 0 Å². The molecule has 0 aromatic rings. The summed E-state index contributed by atoms with van der Waals surface area (Å²) in [4.78, 5) is 0. The molecule has 2 aliphatic carbocycles. The second-order valence-corrected chi connectivity index (χ2v) is 9.08. The maximum Gasteiger partial charge on any atom is 0.00696 e. The maximum absolute atomic E-state index is 4.16. The van der Waals surface area contributed by atoms with Gasteiger partial charge in [-0.3, -0.25) is 0 Å². The molecule has 1 nitrogen and oxygen atoms in total. The highest BCUT2D eigenvalue weighted by atomic mass is 14.9. The van der Waals surface area contributed by atoms with Gasteiger partial charge in [-0.05, 0) is 25.7 Å². The van der Waals surface area contributed by atoms with Gasteiger partial charge >= 0.3 is 0 Å². The molecule has 0 aromatic heterocycles. The average Bonchev–Trinajstić information content (AvgIpc) is 2.65. The van der Waals surface area contributed by atoms with Crippen LogP contribution in [0.15, 0.2) is 0 Å². The lowest BCUT2D eigenvalue weighted by Crippen LogP contribution is -2.38. The van der Waals surface area contributed by atoms with Crippen molar-refractivity contribution < 1.29 is 0 Å². The molecule has 0 aliphatic heterocycles. The third kappa shape index (κ3) is 11.3. The van der Waals surface area contributed by atoms with E-state index in [1.54, 1.807) is 0 Å². The lowest BCUT2D eigenvalue weighted by atomic mass is 9.97. The lowest BCUT2D eigenvalue weighted by Gasteiger charge is -2.26. The Kier molecular flexibility index (Phi) is 12.8. The number of hydrogen-bond acceptors (Lipinski definition) is 1. The van der Waals surface area contributed by atoms with Crippen LogP contribution >= 0.6 is 0 Å². The average molecular weight is 350 g/mol. The van der Waals surface area contributed by atoms with Gasteiger partial charge in [-0.1, -0.05) is 116 Å². The molecule has 0 amide bonds. The van der Waals surface area contributed by atoms with Crippen LogP contribution in [0.5, 0.6) is 0 Å². The molecule has 2 fully saturated rings. The molecule has 0 bridgehead atoms. The summed E-state index contributed by atoms with van der Waals surface area (Å²) < 4.78 is 0. The number of hydrogen-bond donors (Lipinski definition) is 1. The van der Waals surface area contributed by atoms with Crippen LogP contribution in [-0.4, -0.2) is 12.1 Å². The summed E-state index contributed by atoms with van der Waals surface area (Å²) in [7, 11) is 0. The molecular formula is C24H47N. The molecule has 148 valence electrons. The summed E-state index contributed by atoms with van der Waals surface area (Å²) in [6.45, 7) is 0. The summed E-state index contributed by atoms with van der Waals surface area (Å²) in [5.41, 5.74) is 0. The molecule has 0 radical (unpaired) electrons. The zero-order chi connectivity index (χ0) is 17.4. The third-order valence-electron chi connectivity index (χ3n) is 6.68. The molecule has 0 saturated heterocycles. The fourth-order valence-corrected chi connectivity index (χ4v) is 4.99. The minimum atomic E-state index is 0.816. The normalized spacial score (nSPS) is 25.9. The van der Waals surface area contributed by atoms with Crippen LogP contribution in [0, 0.1) is 0 Å². The molecule has 2 rings (SSSR count). The smallest absolute Gasteiger partial charge is 0.00696 e. The predicted molar refractivity (Wildman–Crippen MR) is 112 cm³/mol.